The third-order valence-electron chi connectivity index (χ3n) is 2.74. The van der Waals surface area contributed by atoms with Gasteiger partial charge >= 0.3 is 0 Å². The fourth-order valence-corrected chi connectivity index (χ4v) is 1.89. The maximum Gasteiger partial charge on any atom is 0.197 e. The Morgan fingerprint density at radius 2 is 1.82 bits per heavy atom. The Balaban J connectivity index is 3.03. The molecule has 0 spiro atoms. The van der Waals surface area contributed by atoms with E-state index in [1.54, 1.807) is 0 Å². The molecular formula is C13H20FNO2. The first kappa shape index (κ1) is 13.8. The fourth-order valence-electron chi connectivity index (χ4n) is 1.89. The number of rotatable bonds is 6. The lowest BCUT2D eigenvalue weighted by molar-refractivity contribution is 0.334. The van der Waals surface area contributed by atoms with Gasteiger partial charge < -0.3 is 15.2 Å². The van der Waals surface area contributed by atoms with Gasteiger partial charge in [-0.05, 0) is 49.9 Å². The van der Waals surface area contributed by atoms with Crippen molar-refractivity contribution in [3.8, 4) is 11.5 Å². The number of aryl methyl sites for hydroxylation is 2. The number of halogens is 1. The summed E-state index contributed by atoms with van der Waals surface area (Å²) in [5.74, 6) is 0.329. The first-order chi connectivity index (χ1) is 8.15. The van der Waals surface area contributed by atoms with E-state index < -0.39 is 0 Å². The van der Waals surface area contributed by atoms with Crippen LogP contribution in [0.1, 0.15) is 24.0 Å². The summed E-state index contributed by atoms with van der Waals surface area (Å²) in [4.78, 5) is 0. The van der Waals surface area contributed by atoms with Gasteiger partial charge in [0.05, 0.1) is 14.2 Å². The zero-order valence-corrected chi connectivity index (χ0v) is 10.7. The van der Waals surface area contributed by atoms with Crippen molar-refractivity contribution in [3.05, 3.63) is 23.0 Å². The third-order valence-corrected chi connectivity index (χ3v) is 2.74. The van der Waals surface area contributed by atoms with Crippen LogP contribution in [0.4, 0.5) is 4.39 Å². The summed E-state index contributed by atoms with van der Waals surface area (Å²) in [6.07, 6.45) is 2.44. The molecule has 96 valence electrons. The summed E-state index contributed by atoms with van der Waals surface area (Å²) in [7, 11) is 2.96. The average molecular weight is 241 g/mol. The summed E-state index contributed by atoms with van der Waals surface area (Å²) >= 11 is 0. The summed E-state index contributed by atoms with van der Waals surface area (Å²) < 4.78 is 24.3. The molecule has 0 unspecified atom stereocenters. The minimum atomic E-state index is -0.327. The molecule has 3 nitrogen and oxygen atoms in total. The second-order valence-electron chi connectivity index (χ2n) is 3.98. The summed E-state index contributed by atoms with van der Waals surface area (Å²) in [5.41, 5.74) is 6.97. The number of ether oxygens (including phenoxy) is 2. The van der Waals surface area contributed by atoms with Gasteiger partial charge in [0, 0.05) is 0 Å². The molecule has 0 atom stereocenters. The largest absolute Gasteiger partial charge is 0.492 e. The van der Waals surface area contributed by atoms with E-state index in [-0.39, 0.29) is 11.6 Å². The molecule has 1 rings (SSSR count). The van der Waals surface area contributed by atoms with Gasteiger partial charge in [0.2, 0.25) is 0 Å². The Morgan fingerprint density at radius 1 is 1.18 bits per heavy atom. The highest BCUT2D eigenvalue weighted by Crippen LogP contribution is 2.35. The second-order valence-corrected chi connectivity index (χ2v) is 3.98. The maximum absolute atomic E-state index is 14.1. The summed E-state index contributed by atoms with van der Waals surface area (Å²) in [6.45, 7) is 2.51. The monoisotopic (exact) mass is 241 g/mol. The van der Waals surface area contributed by atoms with Crippen LogP contribution < -0.4 is 15.2 Å². The molecule has 0 aliphatic carbocycles. The molecule has 0 heterocycles. The van der Waals surface area contributed by atoms with Crippen LogP contribution in [0, 0.1) is 12.7 Å². The van der Waals surface area contributed by atoms with E-state index in [1.807, 2.05) is 13.0 Å². The molecule has 0 saturated heterocycles. The van der Waals surface area contributed by atoms with Gasteiger partial charge in [0.25, 0.3) is 0 Å². The number of methoxy groups -OCH3 is 2. The summed E-state index contributed by atoms with van der Waals surface area (Å²) in [6, 6.07) is 1.81. The molecule has 0 radical (unpaired) electrons. The molecule has 0 bridgehead atoms. The lowest BCUT2D eigenvalue weighted by Gasteiger charge is -2.14. The summed E-state index contributed by atoms with van der Waals surface area (Å²) in [5, 5.41) is 0. The van der Waals surface area contributed by atoms with Crippen LogP contribution in [0.3, 0.4) is 0 Å². The molecule has 1 aromatic rings. The Bertz CT molecular complexity index is 380. The molecule has 17 heavy (non-hydrogen) atoms. The van der Waals surface area contributed by atoms with Gasteiger partial charge in [-0.3, -0.25) is 0 Å². The third kappa shape index (κ3) is 3.09. The topological polar surface area (TPSA) is 44.5 Å². The Labute approximate surface area is 102 Å². The number of hydrogen-bond donors (Lipinski definition) is 1. The lowest BCUT2D eigenvalue weighted by Crippen LogP contribution is -2.03. The molecule has 0 aliphatic heterocycles. The SMILES string of the molecule is COc1c(C)cc(CCCCN)c(F)c1OC. The number of unbranched alkanes of at least 4 members (excludes halogenated alkanes) is 1. The normalized spacial score (nSPS) is 10.4. The second kappa shape index (κ2) is 6.45. The van der Waals surface area contributed by atoms with Crippen LogP contribution in [0.15, 0.2) is 6.07 Å². The van der Waals surface area contributed by atoms with E-state index in [0.29, 0.717) is 24.3 Å². The minimum Gasteiger partial charge on any atom is -0.492 e. The lowest BCUT2D eigenvalue weighted by atomic mass is 10.0. The highest BCUT2D eigenvalue weighted by atomic mass is 19.1. The van der Waals surface area contributed by atoms with Crippen LogP contribution in [0.2, 0.25) is 0 Å². The Morgan fingerprint density at radius 3 is 2.35 bits per heavy atom. The molecule has 0 fully saturated rings. The van der Waals surface area contributed by atoms with E-state index in [4.69, 9.17) is 15.2 Å². The number of benzene rings is 1. The Hall–Kier alpha value is -1.29. The predicted octanol–water partition coefficient (Wildman–Crippen LogP) is 2.43. The van der Waals surface area contributed by atoms with Crippen molar-refractivity contribution in [2.24, 2.45) is 5.73 Å². The van der Waals surface area contributed by atoms with E-state index >= 15 is 0 Å². The van der Waals surface area contributed by atoms with E-state index in [1.165, 1.54) is 14.2 Å². The van der Waals surface area contributed by atoms with Crippen molar-refractivity contribution >= 4 is 0 Å². The van der Waals surface area contributed by atoms with Gasteiger partial charge in [0.15, 0.2) is 17.3 Å². The van der Waals surface area contributed by atoms with Crippen LogP contribution in [0.5, 0.6) is 11.5 Å². The van der Waals surface area contributed by atoms with Crippen molar-refractivity contribution < 1.29 is 13.9 Å². The van der Waals surface area contributed by atoms with Gasteiger partial charge in [-0.25, -0.2) is 4.39 Å². The zero-order chi connectivity index (χ0) is 12.8. The van der Waals surface area contributed by atoms with Gasteiger partial charge in [-0.1, -0.05) is 0 Å². The van der Waals surface area contributed by atoms with Gasteiger partial charge in [-0.2, -0.15) is 0 Å². The molecular weight excluding hydrogens is 221 g/mol. The standard InChI is InChI=1S/C13H20FNO2/c1-9-8-10(6-4-5-7-15)11(14)13(17-3)12(9)16-2/h8H,4-7,15H2,1-3H3. The highest BCUT2D eigenvalue weighted by Gasteiger charge is 2.17. The van der Waals surface area contributed by atoms with Crippen LogP contribution in [0.25, 0.3) is 0 Å². The molecule has 0 amide bonds. The Kier molecular flexibility index (Phi) is 5.22. The van der Waals surface area contributed by atoms with Gasteiger partial charge in [-0.15, -0.1) is 0 Å². The predicted molar refractivity (Wildman–Crippen MR) is 66.2 cm³/mol. The van der Waals surface area contributed by atoms with Crippen LogP contribution >= 0.6 is 0 Å². The molecule has 0 aromatic heterocycles. The quantitative estimate of drug-likeness (QED) is 0.778. The molecule has 0 aliphatic rings. The molecule has 1 aromatic carbocycles. The van der Waals surface area contributed by atoms with Crippen molar-refractivity contribution in [1.29, 1.82) is 0 Å². The zero-order valence-electron chi connectivity index (χ0n) is 10.7. The first-order valence-corrected chi connectivity index (χ1v) is 5.75. The van der Waals surface area contributed by atoms with Crippen molar-refractivity contribution in [3.63, 3.8) is 0 Å². The molecule has 4 heteroatoms. The number of nitrogens with two attached hydrogens (primary N) is 1. The first-order valence-electron chi connectivity index (χ1n) is 5.75. The van der Waals surface area contributed by atoms with Crippen molar-refractivity contribution in [2.75, 3.05) is 20.8 Å². The molecule has 0 saturated carbocycles. The smallest absolute Gasteiger partial charge is 0.197 e. The van der Waals surface area contributed by atoms with E-state index in [0.717, 1.165) is 18.4 Å². The highest BCUT2D eigenvalue weighted by molar-refractivity contribution is 5.50. The maximum atomic E-state index is 14.1. The van der Waals surface area contributed by atoms with E-state index in [2.05, 4.69) is 0 Å². The van der Waals surface area contributed by atoms with Gasteiger partial charge in [0.1, 0.15) is 0 Å². The van der Waals surface area contributed by atoms with Crippen LogP contribution in [-0.2, 0) is 6.42 Å². The van der Waals surface area contributed by atoms with Crippen molar-refractivity contribution in [2.45, 2.75) is 26.2 Å². The minimum absolute atomic E-state index is 0.190. The van der Waals surface area contributed by atoms with Crippen molar-refractivity contribution in [1.82, 2.24) is 0 Å². The number of hydrogen-bond acceptors (Lipinski definition) is 3. The average Bonchev–Trinajstić information content (AvgIpc) is 2.32. The molecule has 2 N–H and O–H groups in total. The fraction of sp³-hybridized carbons (Fsp3) is 0.538. The van der Waals surface area contributed by atoms with E-state index in [9.17, 15) is 4.39 Å². The van der Waals surface area contributed by atoms with Crippen LogP contribution in [-0.4, -0.2) is 20.8 Å².